The molecule has 23 heavy (non-hydrogen) atoms. The number of benzene rings is 1. The lowest BCUT2D eigenvalue weighted by atomic mass is 10.1. The molecule has 1 amide bonds. The number of likely N-dealkylation sites (N-methyl/N-ethyl adjacent to an activating group) is 1. The zero-order valence-electron chi connectivity index (χ0n) is 14.0. The lowest BCUT2D eigenvalue weighted by Gasteiger charge is -2.21. The maximum Gasteiger partial charge on any atom is 0.227 e. The van der Waals surface area contributed by atoms with Crippen LogP contribution in [0.1, 0.15) is 12.5 Å². The third kappa shape index (κ3) is 3.85. The van der Waals surface area contributed by atoms with Crippen LogP contribution in [0.5, 0.6) is 5.75 Å². The molecule has 5 nitrogen and oxygen atoms in total. The minimum Gasteiger partial charge on any atom is -0.497 e. The maximum atomic E-state index is 12.6. The van der Waals surface area contributed by atoms with Crippen LogP contribution in [0.2, 0.25) is 0 Å². The van der Waals surface area contributed by atoms with E-state index in [1.54, 1.807) is 7.11 Å². The Morgan fingerprint density at radius 2 is 2.22 bits per heavy atom. The molecule has 0 aromatic heterocycles. The molecule has 2 fully saturated rings. The Bertz CT molecular complexity index is 549. The molecule has 0 aliphatic carbocycles. The zero-order valence-corrected chi connectivity index (χ0v) is 14.0. The van der Waals surface area contributed by atoms with Crippen molar-refractivity contribution in [3.8, 4) is 5.75 Å². The van der Waals surface area contributed by atoms with E-state index in [0.29, 0.717) is 12.3 Å². The first-order valence-electron chi connectivity index (χ1n) is 8.44. The molecule has 0 spiro atoms. The van der Waals surface area contributed by atoms with Gasteiger partial charge in [-0.3, -0.25) is 4.79 Å². The summed E-state index contributed by atoms with van der Waals surface area (Å²) in [4.78, 5) is 17.0. The number of hydrogen-bond donors (Lipinski definition) is 0. The highest BCUT2D eigenvalue weighted by atomic mass is 16.5. The molecule has 2 atom stereocenters. The first-order valence-corrected chi connectivity index (χ1v) is 8.44. The van der Waals surface area contributed by atoms with Crippen LogP contribution >= 0.6 is 0 Å². The number of carbonyl (C=O) groups is 1. The Morgan fingerprint density at radius 1 is 1.35 bits per heavy atom. The highest BCUT2D eigenvalue weighted by molar-refractivity contribution is 5.79. The fraction of sp³-hybridized carbons (Fsp3) is 0.611. The lowest BCUT2D eigenvalue weighted by Crippen LogP contribution is -2.34. The zero-order chi connectivity index (χ0) is 16.2. The van der Waals surface area contributed by atoms with Gasteiger partial charge in [-0.1, -0.05) is 19.1 Å². The van der Waals surface area contributed by atoms with Crippen molar-refractivity contribution in [2.24, 2.45) is 5.92 Å². The van der Waals surface area contributed by atoms with Gasteiger partial charge in [-0.2, -0.15) is 0 Å². The van der Waals surface area contributed by atoms with Crippen LogP contribution in [0.4, 0.5) is 0 Å². The molecule has 5 heteroatoms. The Kier molecular flexibility index (Phi) is 5.18. The van der Waals surface area contributed by atoms with Gasteiger partial charge in [0.25, 0.3) is 0 Å². The lowest BCUT2D eigenvalue weighted by molar-refractivity contribution is -0.130. The van der Waals surface area contributed by atoms with E-state index in [4.69, 9.17) is 9.47 Å². The van der Waals surface area contributed by atoms with Crippen LogP contribution < -0.4 is 4.74 Å². The van der Waals surface area contributed by atoms with Gasteiger partial charge in [0.15, 0.2) is 0 Å². The van der Waals surface area contributed by atoms with Crippen LogP contribution in [-0.2, 0) is 16.0 Å². The molecule has 1 aromatic carbocycles. The number of methoxy groups -OCH3 is 1. The van der Waals surface area contributed by atoms with Crippen molar-refractivity contribution < 1.29 is 14.3 Å². The maximum absolute atomic E-state index is 12.6. The van der Waals surface area contributed by atoms with Gasteiger partial charge in [-0.05, 0) is 24.2 Å². The fourth-order valence-corrected chi connectivity index (χ4v) is 3.52. The predicted octanol–water partition coefficient (Wildman–Crippen LogP) is 1.42. The quantitative estimate of drug-likeness (QED) is 0.842. The molecule has 126 valence electrons. The SMILES string of the molecule is CCN1CCO[C@H]2CN(C(=O)Cc3cccc(OC)c3)C[C@H]2C1. The van der Waals surface area contributed by atoms with E-state index in [2.05, 4.69) is 11.8 Å². The summed E-state index contributed by atoms with van der Waals surface area (Å²) >= 11 is 0. The first kappa shape index (κ1) is 16.3. The van der Waals surface area contributed by atoms with E-state index in [1.165, 1.54) is 0 Å². The molecular formula is C18H26N2O3. The van der Waals surface area contributed by atoms with Gasteiger partial charge in [0, 0.05) is 32.1 Å². The van der Waals surface area contributed by atoms with E-state index < -0.39 is 0 Å². The number of rotatable bonds is 4. The van der Waals surface area contributed by atoms with Gasteiger partial charge in [-0.25, -0.2) is 0 Å². The molecule has 3 rings (SSSR count). The average molecular weight is 318 g/mol. The number of amides is 1. The summed E-state index contributed by atoms with van der Waals surface area (Å²) < 4.78 is 11.2. The standard InChI is InChI=1S/C18H26N2O3/c1-3-19-7-8-23-17-13-20(12-15(17)11-19)18(21)10-14-5-4-6-16(9-14)22-2/h4-6,9,15,17H,3,7-8,10-13H2,1-2H3/t15-,17+/m1/s1. The van der Waals surface area contributed by atoms with Crippen molar-refractivity contribution in [1.29, 1.82) is 0 Å². The largest absolute Gasteiger partial charge is 0.497 e. The highest BCUT2D eigenvalue weighted by Gasteiger charge is 2.37. The van der Waals surface area contributed by atoms with Crippen LogP contribution in [0.15, 0.2) is 24.3 Å². The van der Waals surface area contributed by atoms with Crippen molar-refractivity contribution in [1.82, 2.24) is 9.80 Å². The summed E-state index contributed by atoms with van der Waals surface area (Å²) in [5.74, 6) is 1.41. The van der Waals surface area contributed by atoms with Crippen LogP contribution in [0.25, 0.3) is 0 Å². The normalized spacial score (nSPS) is 25.0. The van der Waals surface area contributed by atoms with Crippen LogP contribution in [0.3, 0.4) is 0 Å². The molecule has 0 N–H and O–H groups in total. The predicted molar refractivity (Wildman–Crippen MR) is 88.6 cm³/mol. The number of fused-ring (bicyclic) bond motifs is 1. The van der Waals surface area contributed by atoms with E-state index in [-0.39, 0.29) is 12.0 Å². The molecular weight excluding hydrogens is 292 g/mol. The summed E-state index contributed by atoms with van der Waals surface area (Å²) in [6, 6.07) is 7.73. The van der Waals surface area contributed by atoms with E-state index in [0.717, 1.165) is 50.6 Å². The van der Waals surface area contributed by atoms with Crippen molar-refractivity contribution >= 4 is 5.91 Å². The minimum absolute atomic E-state index is 0.179. The topological polar surface area (TPSA) is 42.0 Å². The summed E-state index contributed by atoms with van der Waals surface area (Å²) in [5, 5.41) is 0. The second-order valence-electron chi connectivity index (χ2n) is 6.39. The summed E-state index contributed by atoms with van der Waals surface area (Å²) in [6.07, 6.45) is 0.620. The van der Waals surface area contributed by atoms with Crippen LogP contribution in [-0.4, -0.2) is 68.3 Å². The number of likely N-dealkylation sites (tertiary alicyclic amines) is 1. The van der Waals surface area contributed by atoms with Crippen LogP contribution in [0, 0.1) is 5.92 Å². The molecule has 2 aliphatic rings. The Labute approximate surface area is 138 Å². The molecule has 0 bridgehead atoms. The third-order valence-electron chi connectivity index (χ3n) is 4.90. The highest BCUT2D eigenvalue weighted by Crippen LogP contribution is 2.24. The Hall–Kier alpha value is -1.59. The second-order valence-corrected chi connectivity index (χ2v) is 6.39. The molecule has 0 unspecified atom stereocenters. The molecule has 2 saturated heterocycles. The van der Waals surface area contributed by atoms with Crippen molar-refractivity contribution in [2.45, 2.75) is 19.4 Å². The fourth-order valence-electron chi connectivity index (χ4n) is 3.52. The van der Waals surface area contributed by atoms with Crippen molar-refractivity contribution in [2.75, 3.05) is 46.4 Å². The molecule has 2 aliphatic heterocycles. The number of carbonyl (C=O) groups excluding carboxylic acids is 1. The monoisotopic (exact) mass is 318 g/mol. The smallest absolute Gasteiger partial charge is 0.227 e. The number of nitrogens with zero attached hydrogens (tertiary/aromatic N) is 2. The number of hydrogen-bond acceptors (Lipinski definition) is 4. The van der Waals surface area contributed by atoms with Gasteiger partial charge in [0.1, 0.15) is 5.75 Å². The summed E-state index contributed by atoms with van der Waals surface area (Å²) in [5.41, 5.74) is 0.998. The number of ether oxygens (including phenoxy) is 2. The summed E-state index contributed by atoms with van der Waals surface area (Å²) in [6.45, 7) is 7.57. The first-order chi connectivity index (χ1) is 11.2. The van der Waals surface area contributed by atoms with Crippen molar-refractivity contribution in [3.05, 3.63) is 29.8 Å². The van der Waals surface area contributed by atoms with Crippen molar-refractivity contribution in [3.63, 3.8) is 0 Å². The van der Waals surface area contributed by atoms with E-state index >= 15 is 0 Å². The third-order valence-corrected chi connectivity index (χ3v) is 4.90. The summed E-state index contributed by atoms with van der Waals surface area (Å²) in [7, 11) is 1.64. The molecule has 0 radical (unpaired) electrons. The Morgan fingerprint density at radius 3 is 3.00 bits per heavy atom. The minimum atomic E-state index is 0.179. The molecule has 2 heterocycles. The van der Waals surface area contributed by atoms with E-state index in [9.17, 15) is 4.79 Å². The van der Waals surface area contributed by atoms with Gasteiger partial charge in [0.05, 0.1) is 26.2 Å². The Balaban J connectivity index is 1.60. The van der Waals surface area contributed by atoms with Gasteiger partial charge in [0.2, 0.25) is 5.91 Å². The molecule has 1 aromatic rings. The molecule has 0 saturated carbocycles. The van der Waals surface area contributed by atoms with Gasteiger partial charge >= 0.3 is 0 Å². The second kappa shape index (κ2) is 7.32. The van der Waals surface area contributed by atoms with E-state index in [1.807, 2.05) is 29.2 Å². The van der Waals surface area contributed by atoms with Gasteiger partial charge in [-0.15, -0.1) is 0 Å². The van der Waals surface area contributed by atoms with Gasteiger partial charge < -0.3 is 19.3 Å². The average Bonchev–Trinajstić information content (AvgIpc) is 2.87.